The van der Waals surface area contributed by atoms with Crippen LogP contribution in [0.15, 0.2) is 24.3 Å². The van der Waals surface area contributed by atoms with E-state index in [9.17, 15) is 14.4 Å². The quantitative estimate of drug-likeness (QED) is 0.738. The number of rotatable bonds is 7. The van der Waals surface area contributed by atoms with Gasteiger partial charge in [-0.05, 0) is 37.0 Å². The zero-order valence-corrected chi connectivity index (χ0v) is 14.7. The molecule has 130 valence electrons. The first-order valence-corrected chi connectivity index (χ1v) is 8.45. The van der Waals surface area contributed by atoms with Crippen LogP contribution in [0, 0.1) is 0 Å². The van der Waals surface area contributed by atoms with Crippen molar-refractivity contribution in [2.45, 2.75) is 38.6 Å². The van der Waals surface area contributed by atoms with Gasteiger partial charge < -0.3 is 10.6 Å². The lowest BCUT2D eigenvalue weighted by Gasteiger charge is -2.23. The first-order chi connectivity index (χ1) is 11.4. The van der Waals surface area contributed by atoms with Crippen molar-refractivity contribution in [1.29, 1.82) is 0 Å². The summed E-state index contributed by atoms with van der Waals surface area (Å²) < 4.78 is 0. The highest BCUT2D eigenvalue weighted by Crippen LogP contribution is 2.24. The molecular weight excluding hydrogens is 330 g/mol. The fourth-order valence-electron chi connectivity index (χ4n) is 2.75. The first kappa shape index (κ1) is 18.3. The van der Waals surface area contributed by atoms with Gasteiger partial charge in [-0.1, -0.05) is 37.6 Å². The number of halogens is 1. The highest BCUT2D eigenvalue weighted by molar-refractivity contribution is 6.30. The molecule has 1 aliphatic heterocycles. The predicted molar refractivity (Wildman–Crippen MR) is 91.7 cm³/mol. The smallest absolute Gasteiger partial charge is 0.325 e. The maximum absolute atomic E-state index is 12.4. The van der Waals surface area contributed by atoms with Crippen molar-refractivity contribution < 1.29 is 14.4 Å². The van der Waals surface area contributed by atoms with Gasteiger partial charge in [0.1, 0.15) is 12.1 Å². The molecule has 2 rings (SSSR count). The van der Waals surface area contributed by atoms with E-state index in [-0.39, 0.29) is 18.4 Å². The lowest BCUT2D eigenvalue weighted by atomic mass is 9.93. The lowest BCUT2D eigenvalue weighted by molar-refractivity contribution is -0.135. The number of amides is 4. The molecule has 0 aliphatic carbocycles. The summed E-state index contributed by atoms with van der Waals surface area (Å²) >= 11 is 5.82. The van der Waals surface area contributed by atoms with Gasteiger partial charge in [0, 0.05) is 11.6 Å². The van der Waals surface area contributed by atoms with Gasteiger partial charge in [-0.25, -0.2) is 4.79 Å². The van der Waals surface area contributed by atoms with Crippen molar-refractivity contribution >= 4 is 29.4 Å². The second-order valence-electron chi connectivity index (χ2n) is 5.84. The second-order valence-corrected chi connectivity index (χ2v) is 6.27. The summed E-state index contributed by atoms with van der Waals surface area (Å²) in [7, 11) is 0. The van der Waals surface area contributed by atoms with Gasteiger partial charge in [-0.15, -0.1) is 0 Å². The van der Waals surface area contributed by atoms with Crippen LogP contribution >= 0.6 is 11.6 Å². The number of benzene rings is 1. The Morgan fingerprint density at radius 3 is 2.38 bits per heavy atom. The number of urea groups is 1. The van der Waals surface area contributed by atoms with Crippen LogP contribution in [-0.4, -0.2) is 41.4 Å². The first-order valence-electron chi connectivity index (χ1n) is 8.07. The molecular formula is C17H22ClN3O3. The van der Waals surface area contributed by atoms with Crippen LogP contribution in [0.25, 0.3) is 0 Å². The third-order valence-electron chi connectivity index (χ3n) is 4.40. The van der Waals surface area contributed by atoms with E-state index in [1.54, 1.807) is 12.1 Å². The molecule has 7 heteroatoms. The molecule has 0 saturated carbocycles. The van der Waals surface area contributed by atoms with Crippen LogP contribution in [0.3, 0.4) is 0 Å². The summed E-state index contributed by atoms with van der Waals surface area (Å²) in [4.78, 5) is 37.4. The topological polar surface area (TPSA) is 78.5 Å². The number of imide groups is 1. The summed E-state index contributed by atoms with van der Waals surface area (Å²) in [5.41, 5.74) is 0.173. The Morgan fingerprint density at radius 1 is 1.21 bits per heavy atom. The largest absolute Gasteiger partial charge is 0.354 e. The van der Waals surface area contributed by atoms with Crippen LogP contribution in [0.4, 0.5) is 4.79 Å². The molecule has 1 aliphatic rings. The van der Waals surface area contributed by atoms with Crippen LogP contribution in [0.1, 0.15) is 32.3 Å². The summed E-state index contributed by atoms with van der Waals surface area (Å²) in [5, 5.41) is 6.10. The molecule has 0 radical (unpaired) electrons. The van der Waals surface area contributed by atoms with Gasteiger partial charge in [-0.3, -0.25) is 14.5 Å². The Bertz CT molecular complexity index is 626. The van der Waals surface area contributed by atoms with Gasteiger partial charge in [-0.2, -0.15) is 0 Å². The van der Waals surface area contributed by atoms with E-state index in [0.717, 1.165) is 10.5 Å². The standard InChI is InChI=1S/C17H22ClN3O3/c1-3-17(4-2)15(23)21(16(24)20-17)11-14(22)19-10-9-12-5-7-13(18)8-6-12/h5-8H,3-4,9-11H2,1-2H3,(H,19,22)(H,20,24). The third kappa shape index (κ3) is 3.87. The van der Waals surface area contributed by atoms with Crippen molar-refractivity contribution in [3.8, 4) is 0 Å². The highest BCUT2D eigenvalue weighted by atomic mass is 35.5. The molecule has 1 saturated heterocycles. The molecule has 0 atom stereocenters. The van der Waals surface area contributed by atoms with Crippen molar-refractivity contribution in [2.24, 2.45) is 0 Å². The Balaban J connectivity index is 1.85. The van der Waals surface area contributed by atoms with E-state index in [1.165, 1.54) is 0 Å². The summed E-state index contributed by atoms with van der Waals surface area (Å²) in [6.45, 7) is 3.86. The molecule has 1 aromatic carbocycles. The fraction of sp³-hybridized carbons (Fsp3) is 0.471. The molecule has 24 heavy (non-hydrogen) atoms. The highest BCUT2D eigenvalue weighted by Gasteiger charge is 2.49. The second kappa shape index (κ2) is 7.66. The van der Waals surface area contributed by atoms with Crippen LogP contribution in [0.5, 0.6) is 0 Å². The molecule has 4 amide bonds. The van der Waals surface area contributed by atoms with Gasteiger partial charge in [0.2, 0.25) is 5.91 Å². The minimum atomic E-state index is -0.874. The number of hydrogen-bond acceptors (Lipinski definition) is 3. The van der Waals surface area contributed by atoms with Crippen molar-refractivity contribution in [3.63, 3.8) is 0 Å². The third-order valence-corrected chi connectivity index (χ3v) is 4.66. The van der Waals surface area contributed by atoms with Gasteiger partial charge in [0.05, 0.1) is 0 Å². The predicted octanol–water partition coefficient (Wildman–Crippen LogP) is 2.11. The molecule has 6 nitrogen and oxygen atoms in total. The molecule has 0 aromatic heterocycles. The van der Waals surface area contributed by atoms with E-state index in [2.05, 4.69) is 10.6 Å². The van der Waals surface area contributed by atoms with Crippen LogP contribution in [0.2, 0.25) is 5.02 Å². The normalized spacial score (nSPS) is 16.2. The lowest BCUT2D eigenvalue weighted by Crippen LogP contribution is -2.46. The van der Waals surface area contributed by atoms with Crippen LogP contribution < -0.4 is 10.6 Å². The minimum absolute atomic E-state index is 0.257. The fourth-order valence-corrected chi connectivity index (χ4v) is 2.87. The van der Waals surface area contributed by atoms with E-state index >= 15 is 0 Å². The summed E-state index contributed by atoms with van der Waals surface area (Å²) in [6, 6.07) is 6.87. The maximum Gasteiger partial charge on any atom is 0.325 e. The zero-order valence-electron chi connectivity index (χ0n) is 13.9. The van der Waals surface area contributed by atoms with E-state index in [4.69, 9.17) is 11.6 Å². The number of nitrogens with one attached hydrogen (secondary N) is 2. The maximum atomic E-state index is 12.4. The van der Waals surface area contributed by atoms with E-state index in [0.29, 0.717) is 30.8 Å². The molecule has 0 bridgehead atoms. The SMILES string of the molecule is CCC1(CC)NC(=O)N(CC(=O)NCCc2ccc(Cl)cc2)C1=O. The monoisotopic (exact) mass is 351 g/mol. The summed E-state index contributed by atoms with van der Waals surface area (Å²) in [5.74, 6) is -0.680. The van der Waals surface area contributed by atoms with Crippen molar-refractivity contribution in [2.75, 3.05) is 13.1 Å². The Labute approximate surface area is 146 Å². The van der Waals surface area contributed by atoms with Crippen molar-refractivity contribution in [3.05, 3.63) is 34.9 Å². The zero-order chi connectivity index (χ0) is 17.7. The average molecular weight is 352 g/mol. The number of carbonyl (C=O) groups excluding carboxylic acids is 3. The molecule has 0 unspecified atom stereocenters. The summed E-state index contributed by atoms with van der Waals surface area (Å²) in [6.07, 6.45) is 1.66. The Kier molecular flexibility index (Phi) is 5.83. The molecule has 0 spiro atoms. The number of carbonyl (C=O) groups is 3. The average Bonchev–Trinajstić information content (AvgIpc) is 2.81. The van der Waals surface area contributed by atoms with Crippen molar-refractivity contribution in [1.82, 2.24) is 15.5 Å². The van der Waals surface area contributed by atoms with Gasteiger partial charge in [0.25, 0.3) is 5.91 Å². The molecule has 1 aromatic rings. The van der Waals surface area contributed by atoms with E-state index in [1.807, 2.05) is 26.0 Å². The molecule has 1 fully saturated rings. The molecule has 1 heterocycles. The Hall–Kier alpha value is -2.08. The minimum Gasteiger partial charge on any atom is -0.354 e. The molecule has 2 N–H and O–H groups in total. The Morgan fingerprint density at radius 2 is 1.83 bits per heavy atom. The number of nitrogens with zero attached hydrogens (tertiary/aromatic N) is 1. The van der Waals surface area contributed by atoms with Gasteiger partial charge in [0.15, 0.2) is 0 Å². The van der Waals surface area contributed by atoms with E-state index < -0.39 is 11.6 Å². The van der Waals surface area contributed by atoms with Crippen LogP contribution in [-0.2, 0) is 16.0 Å². The van der Waals surface area contributed by atoms with Gasteiger partial charge >= 0.3 is 6.03 Å². The number of hydrogen-bond donors (Lipinski definition) is 2.